The second kappa shape index (κ2) is 4.39. The smallest absolute Gasteiger partial charge is 0.333 e. The molecule has 8 heavy (non-hydrogen) atoms. The fourth-order valence-electron chi connectivity index (χ4n) is 0.132. The van der Waals surface area contributed by atoms with Gasteiger partial charge in [-0.3, -0.25) is 0 Å². The quantitative estimate of drug-likeness (QED) is 0.539. The molecule has 0 aliphatic carbocycles. The summed E-state index contributed by atoms with van der Waals surface area (Å²) in [6.07, 6.45) is 0. The molecule has 48 valence electrons. The third kappa shape index (κ3) is 2.73. The second-order valence-corrected chi connectivity index (χ2v) is 1.99. The Kier molecular flexibility index (Phi) is 4.68. The average Bonchev–Trinajstić information content (AvgIpc) is 1.84. The molecule has 0 aromatic rings. The minimum absolute atomic E-state index is 0.321. The summed E-state index contributed by atoms with van der Waals surface area (Å²) >= 11 is 5.27. The monoisotopic (exact) mass is 247 g/mol. The van der Waals surface area contributed by atoms with Crippen molar-refractivity contribution < 1.29 is 7.86 Å². The summed E-state index contributed by atoms with van der Waals surface area (Å²) in [4.78, 5) is 10.3. The van der Waals surface area contributed by atoms with Crippen LogP contribution in [0.3, 0.4) is 0 Å². The van der Waals surface area contributed by atoms with Gasteiger partial charge in [-0.25, -0.2) is 4.79 Å². The van der Waals surface area contributed by atoms with E-state index in [1.54, 1.807) is 0 Å². The molecule has 0 fully saturated rings. The third-order valence-electron chi connectivity index (χ3n) is 0.575. The van der Waals surface area contributed by atoms with E-state index in [-0.39, 0.29) is 0 Å². The van der Waals surface area contributed by atoms with E-state index in [0.29, 0.717) is 5.75 Å². The minimum atomic E-state index is -0.588. The molecule has 1 unspecified atom stereocenters. The lowest BCUT2D eigenvalue weighted by molar-refractivity contribution is -0.132. The van der Waals surface area contributed by atoms with E-state index in [9.17, 15) is 4.79 Å². The molecular weight excluding hydrogens is 241 g/mol. The number of thiol groups is 1. The van der Waals surface area contributed by atoms with E-state index in [1.807, 2.05) is 0 Å². The first kappa shape index (κ1) is 8.51. The van der Waals surface area contributed by atoms with Crippen molar-refractivity contribution in [2.45, 2.75) is 6.04 Å². The molecule has 0 saturated carbocycles. The highest BCUT2D eigenvalue weighted by atomic mass is 127. The molecule has 0 aliphatic heterocycles. The van der Waals surface area contributed by atoms with Gasteiger partial charge in [0.1, 0.15) is 6.04 Å². The summed E-state index contributed by atoms with van der Waals surface area (Å²) in [7, 11) is 0. The number of hydrogen-bond acceptors (Lipinski definition) is 4. The zero-order valence-corrected chi connectivity index (χ0v) is 7.06. The van der Waals surface area contributed by atoms with Gasteiger partial charge in [0.05, 0.1) is 0 Å². The molecule has 0 rings (SSSR count). The first-order valence-corrected chi connectivity index (χ1v) is 3.42. The van der Waals surface area contributed by atoms with Crippen LogP contribution in [-0.2, 0) is 7.86 Å². The maximum absolute atomic E-state index is 10.3. The van der Waals surface area contributed by atoms with Crippen LogP contribution in [0.4, 0.5) is 0 Å². The van der Waals surface area contributed by atoms with Crippen LogP contribution in [0, 0.1) is 0 Å². The summed E-state index contributed by atoms with van der Waals surface area (Å²) in [6, 6.07) is -0.588. The van der Waals surface area contributed by atoms with Crippen molar-refractivity contribution in [3.63, 3.8) is 0 Å². The van der Waals surface area contributed by atoms with Crippen molar-refractivity contribution in [1.82, 2.24) is 0 Å². The molecule has 2 N–H and O–H groups in total. The molecule has 0 aromatic carbocycles. The molecule has 5 heteroatoms. The topological polar surface area (TPSA) is 52.3 Å². The average molecular weight is 247 g/mol. The lowest BCUT2D eigenvalue weighted by Gasteiger charge is -2.00. The van der Waals surface area contributed by atoms with Crippen LogP contribution in [0.2, 0.25) is 0 Å². The van der Waals surface area contributed by atoms with Gasteiger partial charge in [0.15, 0.2) is 23.0 Å². The van der Waals surface area contributed by atoms with Crippen molar-refractivity contribution in [3.05, 3.63) is 0 Å². The van der Waals surface area contributed by atoms with Gasteiger partial charge in [0.25, 0.3) is 0 Å². The van der Waals surface area contributed by atoms with E-state index in [0.717, 1.165) is 0 Å². The van der Waals surface area contributed by atoms with E-state index in [2.05, 4.69) is 15.7 Å². The highest BCUT2D eigenvalue weighted by molar-refractivity contribution is 14.1. The predicted octanol–water partition coefficient (Wildman–Crippen LogP) is 0.137. The Morgan fingerprint density at radius 2 is 2.50 bits per heavy atom. The van der Waals surface area contributed by atoms with Crippen LogP contribution >= 0.6 is 35.6 Å². The fourth-order valence-corrected chi connectivity index (χ4v) is 0.607. The molecule has 0 aromatic heterocycles. The fraction of sp³-hybridized carbons (Fsp3) is 0.667. The number of rotatable bonds is 2. The molecule has 0 heterocycles. The lowest BCUT2D eigenvalue weighted by atomic mass is 10.4. The Morgan fingerprint density at radius 1 is 2.00 bits per heavy atom. The summed E-state index contributed by atoms with van der Waals surface area (Å²) in [6.45, 7) is 0. The van der Waals surface area contributed by atoms with Crippen LogP contribution in [-0.4, -0.2) is 17.8 Å². The van der Waals surface area contributed by atoms with E-state index in [4.69, 9.17) is 5.73 Å². The maximum Gasteiger partial charge on any atom is 0.333 e. The largest absolute Gasteiger partial charge is 0.393 e. The van der Waals surface area contributed by atoms with Crippen LogP contribution in [0.25, 0.3) is 0 Å². The van der Waals surface area contributed by atoms with Crippen molar-refractivity contribution in [1.29, 1.82) is 0 Å². The summed E-state index contributed by atoms with van der Waals surface area (Å²) < 4.78 is 4.26. The number of nitrogens with two attached hydrogens (primary N) is 1. The van der Waals surface area contributed by atoms with Crippen LogP contribution in [0.5, 0.6) is 0 Å². The van der Waals surface area contributed by atoms with Crippen LogP contribution < -0.4 is 5.73 Å². The number of carbonyl (C=O) groups excluding carboxylic acids is 1. The van der Waals surface area contributed by atoms with Gasteiger partial charge in [-0.1, -0.05) is 0 Å². The predicted molar refractivity (Wildman–Crippen MR) is 41.9 cm³/mol. The van der Waals surface area contributed by atoms with Crippen LogP contribution in [0.15, 0.2) is 0 Å². The Morgan fingerprint density at radius 3 is 2.62 bits per heavy atom. The molecule has 3 nitrogen and oxygen atoms in total. The van der Waals surface area contributed by atoms with Crippen molar-refractivity contribution in [2.75, 3.05) is 5.75 Å². The molecule has 0 radical (unpaired) electrons. The number of hydrogen-bond donors (Lipinski definition) is 2. The first-order chi connectivity index (χ1) is 3.72. The maximum atomic E-state index is 10.3. The van der Waals surface area contributed by atoms with Gasteiger partial charge in [0, 0.05) is 5.75 Å². The Balaban J connectivity index is 3.46. The third-order valence-corrected chi connectivity index (χ3v) is 1.40. The van der Waals surface area contributed by atoms with Crippen molar-refractivity contribution >= 4 is 41.6 Å². The summed E-state index contributed by atoms with van der Waals surface area (Å²) in [5.74, 6) is -0.109. The SMILES string of the molecule is NC(CS)C(=O)OI. The van der Waals surface area contributed by atoms with Gasteiger partial charge in [-0.15, -0.1) is 0 Å². The first-order valence-electron chi connectivity index (χ1n) is 1.91. The molecule has 0 saturated heterocycles. The lowest BCUT2D eigenvalue weighted by Crippen LogP contribution is -2.31. The molecule has 0 spiro atoms. The number of carbonyl (C=O) groups is 1. The van der Waals surface area contributed by atoms with Gasteiger partial charge in [0.2, 0.25) is 0 Å². The molecule has 0 amide bonds. The second-order valence-electron chi connectivity index (χ2n) is 1.19. The molecule has 0 aliphatic rings. The van der Waals surface area contributed by atoms with Gasteiger partial charge >= 0.3 is 5.97 Å². The molecule has 1 atom stereocenters. The Hall–Kier alpha value is 0.510. The van der Waals surface area contributed by atoms with E-state index in [1.165, 1.54) is 23.0 Å². The summed E-state index contributed by atoms with van der Waals surface area (Å²) in [5, 5.41) is 0. The van der Waals surface area contributed by atoms with Crippen molar-refractivity contribution in [2.24, 2.45) is 5.73 Å². The van der Waals surface area contributed by atoms with Crippen molar-refractivity contribution in [3.8, 4) is 0 Å². The van der Waals surface area contributed by atoms with E-state index < -0.39 is 12.0 Å². The molecular formula is C3H6INO2S. The molecule has 0 bridgehead atoms. The van der Waals surface area contributed by atoms with E-state index >= 15 is 0 Å². The minimum Gasteiger partial charge on any atom is -0.393 e. The standard InChI is InChI=1S/C3H6INO2S/c4-7-3(6)2(5)1-8/h2,8H,1,5H2. The van der Waals surface area contributed by atoms with Gasteiger partial charge in [-0.05, 0) is 0 Å². The van der Waals surface area contributed by atoms with Gasteiger partial charge in [-0.2, -0.15) is 12.6 Å². The zero-order valence-electron chi connectivity index (χ0n) is 4.00. The summed E-state index contributed by atoms with van der Waals surface area (Å²) in [5.41, 5.74) is 5.17. The highest BCUT2D eigenvalue weighted by Gasteiger charge is 2.10. The number of halogens is 1. The highest BCUT2D eigenvalue weighted by Crippen LogP contribution is 1.92. The zero-order chi connectivity index (χ0) is 6.57. The normalized spacial score (nSPS) is 12.9. The Labute approximate surface area is 67.1 Å². The van der Waals surface area contributed by atoms with Gasteiger partial charge < -0.3 is 8.80 Å². The Bertz CT molecular complexity index is 89.4. The van der Waals surface area contributed by atoms with Crippen LogP contribution in [0.1, 0.15) is 0 Å².